The first kappa shape index (κ1) is 19.8. The monoisotopic (exact) mass is 389 g/mol. The maximum Gasteiger partial charge on any atom is 0.230 e. The van der Waals surface area contributed by atoms with E-state index < -0.39 is 0 Å². The van der Waals surface area contributed by atoms with Crippen LogP contribution in [-0.2, 0) is 11.3 Å². The molecule has 0 unspecified atom stereocenters. The standard InChI is InChI=1S/C21H35N5O2/c1-16(2)20-23-22-19(28-20)15-24-12-7-18(8-13-24)26-11-5-6-17(14-26)21(27)25-9-3-4-10-25/h16-18H,3-15H2,1-2H3/t17-/m1/s1. The fourth-order valence-corrected chi connectivity index (χ4v) is 4.93. The zero-order valence-corrected chi connectivity index (χ0v) is 17.5. The number of hydrogen-bond donors (Lipinski definition) is 0. The second-order valence-corrected chi connectivity index (χ2v) is 9.06. The Kier molecular flexibility index (Phi) is 6.31. The first-order valence-electron chi connectivity index (χ1n) is 11.2. The van der Waals surface area contributed by atoms with E-state index in [2.05, 4.69) is 38.7 Å². The van der Waals surface area contributed by atoms with Gasteiger partial charge in [-0.05, 0) is 45.1 Å². The Morgan fingerprint density at radius 2 is 1.79 bits per heavy atom. The van der Waals surface area contributed by atoms with Crippen molar-refractivity contribution < 1.29 is 9.21 Å². The summed E-state index contributed by atoms with van der Waals surface area (Å²) in [5.74, 6) is 2.38. The predicted molar refractivity (Wildman–Crippen MR) is 107 cm³/mol. The molecule has 28 heavy (non-hydrogen) atoms. The van der Waals surface area contributed by atoms with Crippen LogP contribution in [0.4, 0.5) is 0 Å². The molecule has 156 valence electrons. The van der Waals surface area contributed by atoms with Gasteiger partial charge >= 0.3 is 0 Å². The van der Waals surface area contributed by atoms with Gasteiger partial charge in [-0.25, -0.2) is 0 Å². The van der Waals surface area contributed by atoms with Gasteiger partial charge in [0.05, 0.1) is 12.5 Å². The van der Waals surface area contributed by atoms with E-state index in [4.69, 9.17) is 4.42 Å². The van der Waals surface area contributed by atoms with E-state index in [0.29, 0.717) is 11.9 Å². The number of hydrogen-bond acceptors (Lipinski definition) is 6. The molecule has 7 heteroatoms. The Morgan fingerprint density at radius 1 is 1.04 bits per heavy atom. The number of aromatic nitrogens is 2. The van der Waals surface area contributed by atoms with Crippen molar-refractivity contribution in [3.8, 4) is 0 Å². The third-order valence-corrected chi connectivity index (χ3v) is 6.63. The molecule has 0 bridgehead atoms. The van der Waals surface area contributed by atoms with Gasteiger partial charge < -0.3 is 9.32 Å². The second-order valence-electron chi connectivity index (χ2n) is 9.06. The molecule has 3 aliphatic rings. The summed E-state index contributed by atoms with van der Waals surface area (Å²) in [6.45, 7) is 11.1. The maximum absolute atomic E-state index is 12.8. The van der Waals surface area contributed by atoms with Crippen LogP contribution in [0.25, 0.3) is 0 Å². The first-order valence-corrected chi connectivity index (χ1v) is 11.2. The van der Waals surface area contributed by atoms with Gasteiger partial charge in [-0.1, -0.05) is 13.8 Å². The highest BCUT2D eigenvalue weighted by Crippen LogP contribution is 2.26. The molecule has 7 nitrogen and oxygen atoms in total. The minimum Gasteiger partial charge on any atom is -0.424 e. The van der Waals surface area contributed by atoms with Crippen LogP contribution in [0.15, 0.2) is 4.42 Å². The Labute approximate surface area is 168 Å². The SMILES string of the molecule is CC(C)c1nnc(CN2CCC(N3CCC[C@@H](C(=O)N4CCCC4)C3)CC2)o1. The molecule has 0 aliphatic carbocycles. The van der Waals surface area contributed by atoms with Crippen LogP contribution in [0, 0.1) is 5.92 Å². The van der Waals surface area contributed by atoms with Crippen LogP contribution >= 0.6 is 0 Å². The number of amides is 1. The Hall–Kier alpha value is -1.47. The van der Waals surface area contributed by atoms with Gasteiger partial charge in [-0.2, -0.15) is 0 Å². The van der Waals surface area contributed by atoms with Crippen LogP contribution in [0.2, 0.25) is 0 Å². The zero-order valence-electron chi connectivity index (χ0n) is 17.5. The number of carbonyl (C=O) groups is 1. The molecule has 1 aromatic heterocycles. The summed E-state index contributed by atoms with van der Waals surface area (Å²) in [5, 5.41) is 8.34. The second kappa shape index (κ2) is 8.91. The van der Waals surface area contributed by atoms with Crippen LogP contribution in [0.1, 0.15) is 70.1 Å². The van der Waals surface area contributed by atoms with Gasteiger partial charge in [0.2, 0.25) is 17.7 Å². The molecule has 3 fully saturated rings. The van der Waals surface area contributed by atoms with E-state index >= 15 is 0 Å². The van der Waals surface area contributed by atoms with Crippen molar-refractivity contribution in [2.24, 2.45) is 5.92 Å². The van der Waals surface area contributed by atoms with Crippen molar-refractivity contribution in [1.29, 1.82) is 0 Å². The van der Waals surface area contributed by atoms with Crippen molar-refractivity contribution >= 4 is 5.91 Å². The van der Waals surface area contributed by atoms with Gasteiger partial charge in [0.1, 0.15) is 0 Å². The Morgan fingerprint density at radius 3 is 2.46 bits per heavy atom. The van der Waals surface area contributed by atoms with E-state index in [9.17, 15) is 4.79 Å². The lowest BCUT2D eigenvalue weighted by molar-refractivity contribution is -0.136. The molecular weight excluding hydrogens is 354 g/mol. The molecule has 0 aromatic carbocycles. The van der Waals surface area contributed by atoms with Crippen LogP contribution in [-0.4, -0.2) is 76.1 Å². The summed E-state index contributed by atoms with van der Waals surface area (Å²) < 4.78 is 5.76. The molecule has 3 saturated heterocycles. The zero-order chi connectivity index (χ0) is 19.5. The van der Waals surface area contributed by atoms with Crippen LogP contribution in [0.5, 0.6) is 0 Å². The Bertz CT molecular complexity index is 647. The number of piperidine rings is 2. The molecule has 3 aliphatic heterocycles. The number of nitrogens with zero attached hydrogens (tertiary/aromatic N) is 5. The van der Waals surface area contributed by atoms with Crippen LogP contribution < -0.4 is 0 Å². The highest BCUT2D eigenvalue weighted by molar-refractivity contribution is 5.79. The van der Waals surface area contributed by atoms with E-state index in [1.165, 1.54) is 12.8 Å². The third-order valence-electron chi connectivity index (χ3n) is 6.63. The van der Waals surface area contributed by atoms with Gasteiger partial charge in [-0.15, -0.1) is 10.2 Å². The lowest BCUT2D eigenvalue weighted by Crippen LogP contribution is -2.51. The Balaban J connectivity index is 1.25. The highest BCUT2D eigenvalue weighted by Gasteiger charge is 2.34. The molecule has 4 heterocycles. The van der Waals surface area contributed by atoms with Gasteiger partial charge in [0, 0.05) is 44.7 Å². The van der Waals surface area contributed by atoms with Crippen molar-refractivity contribution in [3.63, 3.8) is 0 Å². The fraction of sp³-hybridized carbons (Fsp3) is 0.857. The molecule has 0 spiro atoms. The molecular formula is C21H35N5O2. The summed E-state index contributed by atoms with van der Waals surface area (Å²) in [6.07, 6.45) is 6.91. The maximum atomic E-state index is 12.8. The molecule has 4 rings (SSSR count). The summed E-state index contributed by atoms with van der Waals surface area (Å²) >= 11 is 0. The third kappa shape index (κ3) is 4.57. The molecule has 1 aromatic rings. The van der Waals surface area contributed by atoms with E-state index in [-0.39, 0.29) is 11.8 Å². The topological polar surface area (TPSA) is 65.7 Å². The average molecular weight is 390 g/mol. The normalized spacial score (nSPS) is 25.7. The summed E-state index contributed by atoms with van der Waals surface area (Å²) in [6, 6.07) is 0.610. The first-order chi connectivity index (χ1) is 13.6. The minimum absolute atomic E-state index is 0.220. The largest absolute Gasteiger partial charge is 0.424 e. The highest BCUT2D eigenvalue weighted by atomic mass is 16.4. The van der Waals surface area contributed by atoms with Crippen molar-refractivity contribution in [2.45, 2.75) is 70.9 Å². The fourth-order valence-electron chi connectivity index (χ4n) is 4.93. The number of carbonyl (C=O) groups excluding carboxylic acids is 1. The minimum atomic E-state index is 0.220. The lowest BCUT2D eigenvalue weighted by Gasteiger charge is -2.42. The summed E-state index contributed by atoms with van der Waals surface area (Å²) in [4.78, 5) is 19.9. The van der Waals surface area contributed by atoms with Crippen LogP contribution in [0.3, 0.4) is 0 Å². The molecule has 1 amide bonds. The van der Waals surface area contributed by atoms with Gasteiger partial charge in [-0.3, -0.25) is 14.6 Å². The quantitative estimate of drug-likeness (QED) is 0.771. The van der Waals surface area contributed by atoms with Crippen molar-refractivity contribution in [2.75, 3.05) is 39.3 Å². The van der Waals surface area contributed by atoms with Crippen molar-refractivity contribution in [3.05, 3.63) is 11.8 Å². The molecule has 0 saturated carbocycles. The molecule has 0 radical (unpaired) electrons. The van der Waals surface area contributed by atoms with E-state index in [1.807, 2.05) is 0 Å². The summed E-state index contributed by atoms with van der Waals surface area (Å²) in [7, 11) is 0. The van der Waals surface area contributed by atoms with E-state index in [0.717, 1.165) is 83.3 Å². The van der Waals surface area contributed by atoms with Crippen molar-refractivity contribution in [1.82, 2.24) is 24.9 Å². The van der Waals surface area contributed by atoms with E-state index in [1.54, 1.807) is 0 Å². The predicted octanol–water partition coefficient (Wildman–Crippen LogP) is 2.49. The lowest BCUT2D eigenvalue weighted by atomic mass is 9.93. The van der Waals surface area contributed by atoms with Gasteiger partial charge in [0.25, 0.3) is 0 Å². The average Bonchev–Trinajstić information content (AvgIpc) is 3.40. The number of rotatable bonds is 5. The molecule has 0 N–H and O–H groups in total. The smallest absolute Gasteiger partial charge is 0.230 e. The number of likely N-dealkylation sites (tertiary alicyclic amines) is 3. The molecule has 1 atom stereocenters. The van der Waals surface area contributed by atoms with Gasteiger partial charge in [0.15, 0.2) is 0 Å². The summed E-state index contributed by atoms with van der Waals surface area (Å²) in [5.41, 5.74) is 0.